The lowest BCUT2D eigenvalue weighted by atomic mass is 10.0. The van der Waals surface area contributed by atoms with Crippen molar-refractivity contribution in [1.82, 2.24) is 19.8 Å². The number of carbonyl (C=O) groups excluding carboxylic acids is 4. The molecule has 0 bridgehead atoms. The molecule has 0 radical (unpaired) electrons. The highest BCUT2D eigenvalue weighted by atomic mass is 27.1. The van der Waals surface area contributed by atoms with E-state index in [-0.39, 0.29) is 70.5 Å². The lowest BCUT2D eigenvalue weighted by Gasteiger charge is -2.38. The summed E-state index contributed by atoms with van der Waals surface area (Å²) in [5.41, 5.74) is 0. The van der Waals surface area contributed by atoms with Gasteiger partial charge >= 0.3 is 16.5 Å². The van der Waals surface area contributed by atoms with Crippen LogP contribution in [-0.2, 0) is 38.1 Å². The minimum atomic E-state index is -1.47. The number of ether oxygens (including phenoxy) is 4. The molecule has 0 aromatic rings. The van der Waals surface area contributed by atoms with E-state index in [0.29, 0.717) is 35.8 Å². The van der Waals surface area contributed by atoms with Crippen molar-refractivity contribution in [2.24, 2.45) is 0 Å². The van der Waals surface area contributed by atoms with Crippen LogP contribution in [0.5, 0.6) is 0 Å². The van der Waals surface area contributed by atoms with Crippen molar-refractivity contribution < 1.29 is 68.8 Å². The number of aliphatic hydroxyl groups excluding tert-OH is 6. The molecule has 4 amide bonds. The van der Waals surface area contributed by atoms with Gasteiger partial charge < -0.3 is 69.4 Å². The van der Waals surface area contributed by atoms with Crippen LogP contribution in [0.15, 0.2) is 0 Å². The number of rotatable bonds is 19. The van der Waals surface area contributed by atoms with Gasteiger partial charge in [-0.15, -0.1) is 0 Å². The Kier molecular flexibility index (Phi) is 18.6. The van der Waals surface area contributed by atoms with E-state index in [0.717, 1.165) is 0 Å². The molecular formula is C28H51AlN4O14. The van der Waals surface area contributed by atoms with Gasteiger partial charge in [0.1, 0.15) is 36.6 Å². The summed E-state index contributed by atoms with van der Waals surface area (Å²) in [5.74, 6) is -1.15. The Balaban J connectivity index is 1.77. The predicted octanol–water partition coefficient (Wildman–Crippen LogP) is -5.26. The normalized spacial score (nSPS) is 30.7. The van der Waals surface area contributed by atoms with Crippen molar-refractivity contribution in [1.29, 1.82) is 0 Å². The van der Waals surface area contributed by atoms with E-state index in [1.54, 1.807) is 0 Å². The molecule has 270 valence electrons. The van der Waals surface area contributed by atoms with Crippen molar-refractivity contribution in [3.8, 4) is 0 Å². The molecule has 2 aliphatic heterocycles. The molecular weight excluding hydrogens is 643 g/mol. The third-order valence-corrected chi connectivity index (χ3v) is 8.48. The summed E-state index contributed by atoms with van der Waals surface area (Å²) in [7, 11) is 0. The number of hydrogen-bond acceptors (Lipinski definition) is 14. The van der Waals surface area contributed by atoms with E-state index >= 15 is 0 Å². The Morgan fingerprint density at radius 3 is 1.49 bits per heavy atom. The molecule has 0 aromatic heterocycles. The van der Waals surface area contributed by atoms with Gasteiger partial charge in [-0.25, -0.2) is 0 Å². The van der Waals surface area contributed by atoms with E-state index in [1.807, 2.05) is 0 Å². The highest BCUT2D eigenvalue weighted by Gasteiger charge is 2.43. The maximum atomic E-state index is 12.9. The maximum absolute atomic E-state index is 12.9. The monoisotopic (exact) mass is 694 g/mol. The number of hydrogen-bond donors (Lipinski definition) is 9. The smallest absolute Gasteiger partial charge is 0.364 e. The predicted molar refractivity (Wildman–Crippen MR) is 164 cm³/mol. The van der Waals surface area contributed by atoms with Crippen molar-refractivity contribution in [2.75, 3.05) is 39.4 Å². The Labute approximate surface area is 281 Å². The second kappa shape index (κ2) is 21.2. The van der Waals surface area contributed by atoms with Gasteiger partial charge in [0.25, 0.3) is 0 Å². The molecule has 2 rings (SSSR count). The first-order valence-electron chi connectivity index (χ1n) is 15.9. The molecule has 9 N–H and O–H groups in total. The maximum Gasteiger partial charge on any atom is 0.364 e. The third-order valence-electron chi connectivity index (χ3n) is 7.92. The molecule has 19 heteroatoms. The Hall–Kier alpha value is -1.99. The standard InChI is InChI=1S/C28H50N4O14.Al.2H/c1-15-21(37)23(39)25(41)27(45-15)43-13-9-30-18(34)7-11-32(20(36)6-4-3-5-17(29)33)12-8-19(35)31-10-14-44-28-26(42)24(40)22(38)16(2)46-28;;;/h15-16,21-28,37-42H,3-14H2,1-2H3,(H4,29,30,31,33,34,35);;;/q;+1;;/p-1/t15-,16-,21+,22+,23+,24+,25-,26-,27+,28+;;;/m0.../s1. The van der Waals surface area contributed by atoms with E-state index in [2.05, 4.69) is 14.9 Å². The van der Waals surface area contributed by atoms with E-state index in [1.165, 1.54) is 18.7 Å². The Morgan fingerprint density at radius 2 is 1.06 bits per heavy atom. The summed E-state index contributed by atoms with van der Waals surface area (Å²) in [4.78, 5) is 50.8. The van der Waals surface area contributed by atoms with Crippen LogP contribution in [0.2, 0.25) is 0 Å². The number of aliphatic hydroxyl groups is 6. The van der Waals surface area contributed by atoms with Crippen LogP contribution in [0.4, 0.5) is 0 Å². The zero-order valence-electron chi connectivity index (χ0n) is 27.2. The highest BCUT2D eigenvalue weighted by molar-refractivity contribution is 6.14. The minimum Gasteiger partial charge on any atom is -0.453 e. The van der Waals surface area contributed by atoms with Gasteiger partial charge in [0, 0.05) is 51.9 Å². The number of nitrogens with zero attached hydrogens (tertiary/aromatic N) is 1. The number of unbranched alkanes of at least 4 members (excludes halogenated alkanes) is 1. The van der Waals surface area contributed by atoms with Crippen molar-refractivity contribution >= 4 is 40.1 Å². The van der Waals surface area contributed by atoms with Gasteiger partial charge in [-0.1, -0.05) is 0 Å². The van der Waals surface area contributed by atoms with Crippen molar-refractivity contribution in [3.63, 3.8) is 0 Å². The molecule has 0 unspecified atom stereocenters. The third kappa shape index (κ3) is 13.8. The van der Waals surface area contributed by atoms with Crippen LogP contribution in [0.3, 0.4) is 0 Å². The van der Waals surface area contributed by atoms with Crippen molar-refractivity contribution in [3.05, 3.63) is 0 Å². The Morgan fingerprint density at radius 1 is 0.638 bits per heavy atom. The van der Waals surface area contributed by atoms with Crippen LogP contribution in [-0.4, -0.2) is 176 Å². The molecule has 10 atom stereocenters. The minimum absolute atomic E-state index is 0.0261. The fourth-order valence-corrected chi connectivity index (χ4v) is 5.14. The molecule has 2 saturated heterocycles. The zero-order chi connectivity index (χ0) is 35.1. The molecule has 0 spiro atoms. The van der Waals surface area contributed by atoms with Crippen molar-refractivity contribution in [2.45, 2.75) is 114 Å². The van der Waals surface area contributed by atoms with E-state index in [9.17, 15) is 49.8 Å². The van der Waals surface area contributed by atoms with Crippen LogP contribution in [0.25, 0.3) is 0 Å². The Bertz CT molecular complexity index is 941. The van der Waals surface area contributed by atoms with Crippen LogP contribution in [0, 0.1) is 0 Å². The SMILES string of the molecule is C[C@@H]1O[C@@H](OCCNC(=O)CCN(CCC(=O)NCCO[C@@H]2O[C@@H](C)[C@@H](O)[C@@H](O)[C@@H]2O)C(=O)CCCCC(=O)[NH][AlH2])[C@@H](O)[C@H](O)[C@@H]1O. The first-order chi connectivity index (χ1) is 22.3. The molecule has 2 fully saturated rings. The first-order valence-corrected chi connectivity index (χ1v) is 16.9. The molecule has 2 heterocycles. The average Bonchev–Trinajstić information content (AvgIpc) is 3.05. The fraction of sp³-hybridized carbons (Fsp3) is 0.857. The van der Waals surface area contributed by atoms with Crippen LogP contribution >= 0.6 is 0 Å². The van der Waals surface area contributed by atoms with Gasteiger partial charge in [0.2, 0.25) is 17.7 Å². The number of carbonyl (C=O) groups is 4. The average molecular weight is 695 g/mol. The van der Waals surface area contributed by atoms with E-state index < -0.39 is 73.2 Å². The molecule has 0 aliphatic carbocycles. The quantitative estimate of drug-likeness (QED) is 0.0452. The lowest BCUT2D eigenvalue weighted by Crippen LogP contribution is -2.57. The van der Waals surface area contributed by atoms with Crippen LogP contribution < -0.4 is 14.9 Å². The summed E-state index contributed by atoms with van der Waals surface area (Å²) >= 11 is 0.540. The number of amides is 4. The summed E-state index contributed by atoms with van der Waals surface area (Å²) < 4.78 is 24.1. The number of nitrogens with one attached hydrogen (secondary N) is 3. The molecule has 18 nitrogen and oxygen atoms in total. The zero-order valence-corrected chi connectivity index (χ0v) is 29.2. The topological polar surface area (TPSA) is 266 Å². The highest BCUT2D eigenvalue weighted by Crippen LogP contribution is 2.22. The largest absolute Gasteiger partial charge is 0.453 e. The van der Waals surface area contributed by atoms with Gasteiger partial charge in [-0.2, -0.15) is 0 Å². The second-order valence-corrected chi connectivity index (χ2v) is 12.1. The van der Waals surface area contributed by atoms with Crippen LogP contribution in [0.1, 0.15) is 52.4 Å². The first kappa shape index (κ1) is 41.2. The second-order valence-electron chi connectivity index (χ2n) is 11.6. The lowest BCUT2D eigenvalue weighted by molar-refractivity contribution is -0.292. The summed E-state index contributed by atoms with van der Waals surface area (Å²) in [6, 6.07) is 0. The molecule has 0 saturated carbocycles. The summed E-state index contributed by atoms with van der Waals surface area (Å²) in [5, 5.41) is 64.6. The van der Waals surface area contributed by atoms with E-state index in [4.69, 9.17) is 18.9 Å². The molecule has 2 aliphatic rings. The summed E-state index contributed by atoms with van der Waals surface area (Å²) in [6.07, 6.45) is -11.0. The van der Waals surface area contributed by atoms with Gasteiger partial charge in [-0.05, 0) is 26.7 Å². The van der Waals surface area contributed by atoms with Gasteiger partial charge in [0.05, 0.1) is 25.4 Å². The fourth-order valence-electron chi connectivity index (χ4n) is 4.89. The molecule has 47 heavy (non-hydrogen) atoms. The summed E-state index contributed by atoms with van der Waals surface area (Å²) in [6.45, 7) is 3.06. The van der Waals surface area contributed by atoms with Gasteiger partial charge in [-0.3, -0.25) is 19.2 Å². The van der Waals surface area contributed by atoms with Gasteiger partial charge in [0.15, 0.2) is 18.5 Å². The molecule has 0 aromatic carbocycles.